The van der Waals surface area contributed by atoms with Crippen LogP contribution in [0.25, 0.3) is 22.2 Å². The van der Waals surface area contributed by atoms with E-state index in [-0.39, 0.29) is 5.91 Å². The van der Waals surface area contributed by atoms with Gasteiger partial charge in [-0.25, -0.2) is 0 Å². The molecule has 28 heavy (non-hydrogen) atoms. The fourth-order valence-electron chi connectivity index (χ4n) is 2.98. The summed E-state index contributed by atoms with van der Waals surface area (Å²) < 4.78 is 39.3. The lowest BCUT2D eigenvalue weighted by molar-refractivity contribution is -0.137. The van der Waals surface area contributed by atoms with E-state index in [9.17, 15) is 18.0 Å². The SMILES string of the molecule is C[C@H](Nc1c(-c2ccccc2)[nH]c2cc(C(F)(F)F)ccc12)C(=O)NCCN. The van der Waals surface area contributed by atoms with Crippen molar-refractivity contribution >= 4 is 22.5 Å². The minimum atomic E-state index is -4.44. The van der Waals surface area contributed by atoms with Gasteiger partial charge in [0.25, 0.3) is 0 Å². The number of aromatic amines is 1. The molecule has 148 valence electrons. The highest BCUT2D eigenvalue weighted by molar-refractivity contribution is 6.02. The minimum absolute atomic E-state index is 0.245. The first kappa shape index (κ1) is 19.8. The van der Waals surface area contributed by atoms with Crippen molar-refractivity contribution in [2.45, 2.75) is 19.1 Å². The number of rotatable bonds is 6. The molecule has 0 aliphatic heterocycles. The smallest absolute Gasteiger partial charge is 0.372 e. The molecule has 0 saturated carbocycles. The lowest BCUT2D eigenvalue weighted by Crippen LogP contribution is -2.39. The van der Waals surface area contributed by atoms with Crippen LogP contribution in [0.1, 0.15) is 12.5 Å². The second-order valence-corrected chi connectivity index (χ2v) is 6.44. The zero-order valence-corrected chi connectivity index (χ0v) is 15.2. The van der Waals surface area contributed by atoms with E-state index < -0.39 is 17.8 Å². The molecule has 0 radical (unpaired) electrons. The Morgan fingerprint density at radius 1 is 1.18 bits per heavy atom. The standard InChI is InChI=1S/C20H21F3N4O/c1-12(19(28)25-10-9-24)26-18-15-8-7-14(20(21,22)23)11-16(15)27-17(18)13-5-3-2-4-6-13/h2-8,11-12,26-27H,9-10,24H2,1H3,(H,25,28)/t12-/m0/s1. The Morgan fingerprint density at radius 2 is 1.89 bits per heavy atom. The van der Waals surface area contributed by atoms with Crippen LogP contribution in [0.5, 0.6) is 0 Å². The van der Waals surface area contributed by atoms with Crippen LogP contribution >= 0.6 is 0 Å². The van der Waals surface area contributed by atoms with Gasteiger partial charge < -0.3 is 21.4 Å². The molecular weight excluding hydrogens is 369 g/mol. The number of hydrogen-bond donors (Lipinski definition) is 4. The molecule has 3 rings (SSSR count). The molecule has 1 heterocycles. The molecule has 0 aliphatic carbocycles. The van der Waals surface area contributed by atoms with Crippen LogP contribution in [0, 0.1) is 0 Å². The van der Waals surface area contributed by atoms with Crippen LogP contribution in [-0.2, 0) is 11.0 Å². The molecule has 5 nitrogen and oxygen atoms in total. The Morgan fingerprint density at radius 3 is 2.54 bits per heavy atom. The molecule has 0 saturated heterocycles. The van der Waals surface area contributed by atoms with Crippen LogP contribution in [0.2, 0.25) is 0 Å². The number of nitrogens with one attached hydrogen (secondary N) is 3. The van der Waals surface area contributed by atoms with E-state index in [0.717, 1.165) is 17.7 Å². The maximum atomic E-state index is 13.1. The van der Waals surface area contributed by atoms with Gasteiger partial charge >= 0.3 is 6.18 Å². The highest BCUT2D eigenvalue weighted by Gasteiger charge is 2.31. The number of alkyl halides is 3. The number of carbonyl (C=O) groups is 1. The molecule has 3 aromatic rings. The van der Waals surface area contributed by atoms with Crippen molar-refractivity contribution in [3.8, 4) is 11.3 Å². The quantitative estimate of drug-likeness (QED) is 0.518. The van der Waals surface area contributed by atoms with E-state index in [0.29, 0.717) is 35.4 Å². The monoisotopic (exact) mass is 390 g/mol. The number of halogens is 3. The molecule has 2 aromatic carbocycles. The number of anilines is 1. The number of H-pyrrole nitrogens is 1. The molecule has 0 spiro atoms. The number of hydrogen-bond acceptors (Lipinski definition) is 3. The third kappa shape index (κ3) is 4.12. The first-order valence-electron chi connectivity index (χ1n) is 8.84. The van der Waals surface area contributed by atoms with Gasteiger partial charge in [0.2, 0.25) is 5.91 Å². The van der Waals surface area contributed by atoms with Crippen LogP contribution in [0.4, 0.5) is 18.9 Å². The molecule has 8 heteroatoms. The van der Waals surface area contributed by atoms with Gasteiger partial charge in [-0.15, -0.1) is 0 Å². The highest BCUT2D eigenvalue weighted by atomic mass is 19.4. The summed E-state index contributed by atoms with van der Waals surface area (Å²) in [6.07, 6.45) is -4.44. The Bertz CT molecular complexity index is 967. The van der Waals surface area contributed by atoms with Gasteiger partial charge in [-0.3, -0.25) is 4.79 Å². The largest absolute Gasteiger partial charge is 0.416 e. The maximum Gasteiger partial charge on any atom is 0.416 e. The van der Waals surface area contributed by atoms with E-state index in [1.807, 2.05) is 30.3 Å². The Hall–Kier alpha value is -3.00. The van der Waals surface area contributed by atoms with Crippen LogP contribution in [0.15, 0.2) is 48.5 Å². The Kier molecular flexibility index (Phi) is 5.60. The molecule has 0 bridgehead atoms. The van der Waals surface area contributed by atoms with E-state index in [2.05, 4.69) is 15.6 Å². The summed E-state index contributed by atoms with van der Waals surface area (Å²) in [6.45, 7) is 2.35. The average Bonchev–Trinajstić information content (AvgIpc) is 3.03. The third-order valence-electron chi connectivity index (χ3n) is 4.39. The second kappa shape index (κ2) is 7.93. The van der Waals surface area contributed by atoms with E-state index in [1.165, 1.54) is 6.07 Å². The number of fused-ring (bicyclic) bond motifs is 1. The zero-order chi connectivity index (χ0) is 20.3. The predicted octanol–water partition coefficient (Wildman–Crippen LogP) is 3.73. The number of amides is 1. The molecule has 1 aromatic heterocycles. The van der Waals surface area contributed by atoms with E-state index in [1.54, 1.807) is 6.92 Å². The second-order valence-electron chi connectivity index (χ2n) is 6.44. The summed E-state index contributed by atoms with van der Waals surface area (Å²) in [5, 5.41) is 6.40. The fraction of sp³-hybridized carbons (Fsp3) is 0.250. The first-order valence-corrected chi connectivity index (χ1v) is 8.84. The molecule has 1 atom stereocenters. The number of aromatic nitrogens is 1. The van der Waals surface area contributed by atoms with Crippen molar-refractivity contribution in [2.24, 2.45) is 5.73 Å². The van der Waals surface area contributed by atoms with Gasteiger partial charge in [0.05, 0.1) is 16.9 Å². The van der Waals surface area contributed by atoms with Crippen molar-refractivity contribution in [3.05, 3.63) is 54.1 Å². The third-order valence-corrected chi connectivity index (χ3v) is 4.39. The molecule has 1 amide bonds. The van der Waals surface area contributed by atoms with Gasteiger partial charge in [0.15, 0.2) is 0 Å². The van der Waals surface area contributed by atoms with Crippen molar-refractivity contribution < 1.29 is 18.0 Å². The van der Waals surface area contributed by atoms with E-state index >= 15 is 0 Å². The summed E-state index contributed by atoms with van der Waals surface area (Å²) in [5.74, 6) is -0.245. The van der Waals surface area contributed by atoms with Crippen molar-refractivity contribution in [3.63, 3.8) is 0 Å². The predicted molar refractivity (Wildman–Crippen MR) is 104 cm³/mol. The van der Waals surface area contributed by atoms with Crippen LogP contribution < -0.4 is 16.4 Å². The summed E-state index contributed by atoms with van der Waals surface area (Å²) in [4.78, 5) is 15.3. The maximum absolute atomic E-state index is 13.1. The van der Waals surface area contributed by atoms with Gasteiger partial charge in [0, 0.05) is 29.6 Å². The first-order chi connectivity index (χ1) is 13.3. The molecule has 0 fully saturated rings. The van der Waals surface area contributed by atoms with Gasteiger partial charge in [-0.1, -0.05) is 36.4 Å². The molecular formula is C20H21F3N4O. The normalized spacial score (nSPS) is 12.8. The van der Waals surface area contributed by atoms with Gasteiger partial charge in [-0.05, 0) is 19.1 Å². The number of nitrogens with two attached hydrogens (primary N) is 1. The van der Waals surface area contributed by atoms with Gasteiger partial charge in [0.1, 0.15) is 6.04 Å². The molecule has 0 unspecified atom stereocenters. The summed E-state index contributed by atoms with van der Waals surface area (Å²) in [5.41, 5.74) is 7.00. The summed E-state index contributed by atoms with van der Waals surface area (Å²) in [7, 11) is 0. The molecule has 0 aliphatic rings. The molecule has 5 N–H and O–H groups in total. The lowest BCUT2D eigenvalue weighted by atomic mass is 10.1. The Balaban J connectivity index is 2.06. The topological polar surface area (TPSA) is 82.9 Å². The van der Waals surface area contributed by atoms with Crippen molar-refractivity contribution in [2.75, 3.05) is 18.4 Å². The number of benzene rings is 2. The average molecular weight is 390 g/mol. The fourth-order valence-corrected chi connectivity index (χ4v) is 2.98. The van der Waals surface area contributed by atoms with Crippen molar-refractivity contribution in [1.29, 1.82) is 0 Å². The summed E-state index contributed by atoms with van der Waals surface area (Å²) >= 11 is 0. The minimum Gasteiger partial charge on any atom is -0.372 e. The van der Waals surface area contributed by atoms with Gasteiger partial charge in [-0.2, -0.15) is 13.2 Å². The lowest BCUT2D eigenvalue weighted by Gasteiger charge is -2.16. The van der Waals surface area contributed by atoms with Crippen LogP contribution in [0.3, 0.4) is 0 Å². The zero-order valence-electron chi connectivity index (χ0n) is 15.2. The number of carbonyl (C=O) groups excluding carboxylic acids is 1. The van der Waals surface area contributed by atoms with Crippen LogP contribution in [-0.4, -0.2) is 30.0 Å². The Labute approximate surface area is 160 Å². The van der Waals surface area contributed by atoms with E-state index in [4.69, 9.17) is 5.73 Å². The summed E-state index contributed by atoms with van der Waals surface area (Å²) in [6, 6.07) is 12.1. The van der Waals surface area contributed by atoms with Crippen molar-refractivity contribution in [1.82, 2.24) is 10.3 Å². The highest BCUT2D eigenvalue weighted by Crippen LogP contribution is 2.38.